The molecular weight excluding hydrogens is 354 g/mol. The first-order valence-corrected chi connectivity index (χ1v) is 8.55. The molecule has 4 rings (SSSR count). The number of carbonyl (C=O) groups excluding carboxylic acids is 1. The number of hydrogen-bond donors (Lipinski definition) is 2. The Bertz CT molecular complexity index is 913. The molecule has 0 bridgehead atoms. The molecule has 1 aliphatic rings. The number of aliphatic hydroxyl groups excluding tert-OH is 1. The van der Waals surface area contributed by atoms with Gasteiger partial charge in [-0.25, -0.2) is 0 Å². The van der Waals surface area contributed by atoms with Gasteiger partial charge in [-0.1, -0.05) is 23.7 Å². The van der Waals surface area contributed by atoms with E-state index < -0.39 is 6.10 Å². The molecule has 0 unspecified atom stereocenters. The summed E-state index contributed by atoms with van der Waals surface area (Å²) < 4.78 is 0. The molecule has 1 amide bonds. The minimum Gasteiger partial charge on any atom is -0.391 e. The third-order valence-corrected chi connectivity index (χ3v) is 4.81. The lowest BCUT2D eigenvalue weighted by Gasteiger charge is -2.15. The molecule has 132 valence electrons. The SMILES string of the molecule is O=C(c1cc(-c2ccnnc2)n[nH]1)N1C[C@H](c2ccc(Cl)cc2)[C@@H](O)C1. The Morgan fingerprint density at radius 1 is 1.19 bits per heavy atom. The number of hydrogen-bond acceptors (Lipinski definition) is 5. The van der Waals surface area contributed by atoms with Gasteiger partial charge < -0.3 is 10.0 Å². The molecule has 1 saturated heterocycles. The molecule has 2 aromatic heterocycles. The lowest BCUT2D eigenvalue weighted by molar-refractivity contribution is 0.0759. The number of aromatic nitrogens is 4. The molecule has 8 heteroatoms. The van der Waals surface area contributed by atoms with Gasteiger partial charge in [0.2, 0.25) is 0 Å². The normalized spacial score (nSPS) is 19.7. The van der Waals surface area contributed by atoms with E-state index in [1.807, 2.05) is 12.1 Å². The number of carbonyl (C=O) groups is 1. The van der Waals surface area contributed by atoms with Crippen LogP contribution in [0.25, 0.3) is 11.3 Å². The van der Waals surface area contributed by atoms with Crippen LogP contribution in [0.4, 0.5) is 0 Å². The number of likely N-dealkylation sites (tertiary alicyclic amines) is 1. The molecule has 0 radical (unpaired) electrons. The van der Waals surface area contributed by atoms with E-state index in [1.54, 1.807) is 41.6 Å². The summed E-state index contributed by atoms with van der Waals surface area (Å²) in [6, 6.07) is 10.8. The second-order valence-electron chi connectivity index (χ2n) is 6.23. The van der Waals surface area contributed by atoms with Crippen molar-refractivity contribution in [2.45, 2.75) is 12.0 Å². The van der Waals surface area contributed by atoms with Crippen molar-refractivity contribution >= 4 is 17.5 Å². The van der Waals surface area contributed by atoms with Crippen LogP contribution >= 0.6 is 11.6 Å². The van der Waals surface area contributed by atoms with E-state index in [0.717, 1.165) is 11.1 Å². The topological polar surface area (TPSA) is 95.0 Å². The summed E-state index contributed by atoms with van der Waals surface area (Å²) in [5.41, 5.74) is 2.74. The molecule has 0 aliphatic carbocycles. The van der Waals surface area contributed by atoms with Crippen molar-refractivity contribution in [3.05, 3.63) is 65.1 Å². The Labute approximate surface area is 154 Å². The van der Waals surface area contributed by atoms with Crippen LogP contribution in [0, 0.1) is 0 Å². The monoisotopic (exact) mass is 369 g/mol. The van der Waals surface area contributed by atoms with Crippen LogP contribution in [-0.4, -0.2) is 55.5 Å². The van der Waals surface area contributed by atoms with Gasteiger partial charge in [0.25, 0.3) is 5.91 Å². The number of aliphatic hydroxyl groups is 1. The molecule has 2 atom stereocenters. The fourth-order valence-corrected chi connectivity index (χ4v) is 3.31. The van der Waals surface area contributed by atoms with Crippen LogP contribution < -0.4 is 0 Å². The predicted molar refractivity (Wildman–Crippen MR) is 95.7 cm³/mol. The summed E-state index contributed by atoms with van der Waals surface area (Å²) in [7, 11) is 0. The first-order valence-electron chi connectivity index (χ1n) is 8.17. The first-order chi connectivity index (χ1) is 12.6. The van der Waals surface area contributed by atoms with Gasteiger partial charge in [0, 0.05) is 29.6 Å². The standard InChI is InChI=1S/C18H16ClN5O2/c19-13-3-1-11(2-4-13)14-9-24(10-17(14)25)18(26)16-7-15(22-23-16)12-5-6-20-21-8-12/h1-8,14,17,25H,9-10H2,(H,22,23)/t14-,17+/m1/s1. The van der Waals surface area contributed by atoms with Crippen molar-refractivity contribution in [1.82, 2.24) is 25.3 Å². The summed E-state index contributed by atoms with van der Waals surface area (Å²) in [6.07, 6.45) is 2.53. The maximum atomic E-state index is 12.8. The summed E-state index contributed by atoms with van der Waals surface area (Å²) in [5.74, 6) is -0.329. The van der Waals surface area contributed by atoms with Gasteiger partial charge in [-0.15, -0.1) is 0 Å². The van der Waals surface area contributed by atoms with Gasteiger partial charge in [-0.05, 0) is 29.8 Å². The number of halogens is 1. The summed E-state index contributed by atoms with van der Waals surface area (Å²) in [4.78, 5) is 14.4. The maximum absolute atomic E-state index is 12.8. The Kier molecular flexibility index (Phi) is 4.40. The van der Waals surface area contributed by atoms with E-state index in [9.17, 15) is 9.90 Å². The van der Waals surface area contributed by atoms with Crippen molar-refractivity contribution in [2.24, 2.45) is 0 Å². The Morgan fingerprint density at radius 3 is 2.73 bits per heavy atom. The molecule has 26 heavy (non-hydrogen) atoms. The van der Waals surface area contributed by atoms with Crippen LogP contribution in [0.1, 0.15) is 22.0 Å². The predicted octanol–water partition coefficient (Wildman–Crippen LogP) is 2.12. The van der Waals surface area contributed by atoms with Gasteiger partial charge in [0.15, 0.2) is 0 Å². The number of H-pyrrole nitrogens is 1. The molecule has 3 heterocycles. The molecular formula is C18H16ClN5O2. The molecule has 3 aromatic rings. The van der Waals surface area contributed by atoms with Gasteiger partial charge in [-0.2, -0.15) is 15.3 Å². The zero-order valence-electron chi connectivity index (χ0n) is 13.7. The zero-order chi connectivity index (χ0) is 18.1. The number of amides is 1. The van der Waals surface area contributed by atoms with Gasteiger partial charge >= 0.3 is 0 Å². The van der Waals surface area contributed by atoms with Crippen molar-refractivity contribution in [2.75, 3.05) is 13.1 Å². The fourth-order valence-electron chi connectivity index (χ4n) is 3.18. The third-order valence-electron chi connectivity index (χ3n) is 4.56. The average molecular weight is 370 g/mol. The lowest BCUT2D eigenvalue weighted by atomic mass is 9.96. The van der Waals surface area contributed by atoms with E-state index in [0.29, 0.717) is 23.0 Å². The summed E-state index contributed by atoms with van der Waals surface area (Å²) in [6.45, 7) is 0.712. The smallest absolute Gasteiger partial charge is 0.271 e. The van der Waals surface area contributed by atoms with Crippen LogP contribution in [0.15, 0.2) is 48.8 Å². The number of rotatable bonds is 3. The Hall–Kier alpha value is -2.77. The molecule has 2 N–H and O–H groups in total. The van der Waals surface area contributed by atoms with E-state index in [2.05, 4.69) is 20.4 Å². The molecule has 1 fully saturated rings. The highest BCUT2D eigenvalue weighted by Gasteiger charge is 2.35. The van der Waals surface area contributed by atoms with Crippen LogP contribution in [-0.2, 0) is 0 Å². The van der Waals surface area contributed by atoms with Gasteiger partial charge in [-0.3, -0.25) is 9.89 Å². The summed E-state index contributed by atoms with van der Waals surface area (Å²) in [5, 5.41) is 25.5. The zero-order valence-corrected chi connectivity index (χ0v) is 14.5. The Balaban J connectivity index is 1.51. The highest BCUT2D eigenvalue weighted by Crippen LogP contribution is 2.29. The van der Waals surface area contributed by atoms with Gasteiger partial charge in [0.1, 0.15) is 5.69 Å². The van der Waals surface area contributed by atoms with Crippen LogP contribution in [0.5, 0.6) is 0 Å². The minimum atomic E-state index is -0.619. The number of β-amino-alcohol motifs (C(OH)–C–C–N with tert-alkyl or cyclic N) is 1. The highest BCUT2D eigenvalue weighted by molar-refractivity contribution is 6.30. The molecule has 1 aromatic carbocycles. The maximum Gasteiger partial charge on any atom is 0.271 e. The van der Waals surface area contributed by atoms with Crippen molar-refractivity contribution in [1.29, 1.82) is 0 Å². The van der Waals surface area contributed by atoms with E-state index in [1.165, 1.54) is 0 Å². The van der Waals surface area contributed by atoms with Crippen LogP contribution in [0.2, 0.25) is 5.02 Å². The third kappa shape index (κ3) is 3.18. The van der Waals surface area contributed by atoms with E-state index in [-0.39, 0.29) is 18.4 Å². The van der Waals surface area contributed by atoms with Gasteiger partial charge in [0.05, 0.1) is 24.2 Å². The molecule has 7 nitrogen and oxygen atoms in total. The second-order valence-corrected chi connectivity index (χ2v) is 6.67. The number of aromatic amines is 1. The molecule has 0 saturated carbocycles. The molecule has 0 spiro atoms. The first kappa shape index (κ1) is 16.7. The number of nitrogens with zero attached hydrogens (tertiary/aromatic N) is 4. The highest BCUT2D eigenvalue weighted by atomic mass is 35.5. The van der Waals surface area contributed by atoms with Crippen molar-refractivity contribution < 1.29 is 9.90 Å². The van der Waals surface area contributed by atoms with Crippen molar-refractivity contribution in [3.8, 4) is 11.3 Å². The van der Waals surface area contributed by atoms with Crippen LogP contribution in [0.3, 0.4) is 0 Å². The van der Waals surface area contributed by atoms with E-state index >= 15 is 0 Å². The fraction of sp³-hybridized carbons (Fsp3) is 0.222. The Morgan fingerprint density at radius 2 is 2.00 bits per heavy atom. The summed E-state index contributed by atoms with van der Waals surface area (Å²) >= 11 is 5.92. The second kappa shape index (κ2) is 6.86. The molecule has 1 aliphatic heterocycles. The number of nitrogens with one attached hydrogen (secondary N) is 1. The minimum absolute atomic E-state index is 0.136. The lowest BCUT2D eigenvalue weighted by Crippen LogP contribution is -2.29. The largest absolute Gasteiger partial charge is 0.391 e. The quantitative estimate of drug-likeness (QED) is 0.737. The van der Waals surface area contributed by atoms with E-state index in [4.69, 9.17) is 11.6 Å². The number of benzene rings is 1. The average Bonchev–Trinajstić information content (AvgIpc) is 3.30. The van der Waals surface area contributed by atoms with Crippen molar-refractivity contribution in [3.63, 3.8) is 0 Å².